The third kappa shape index (κ3) is 5.68. The number of hydrogen-bond acceptors (Lipinski definition) is 6. The standard InChI is InChI=1S/C23H23N3O8/c24-19(27)9-17(21(30)25-18(22(31)32)10-20(28)29)26-23(33)34-11-16-14-7-3-1-5-12(14)13-6-2-4-8-15(13)16/h1-8,16-18H,9-11H2,(H2,24,27)(H,25,30)(H,26,33)(H,28,29)(H,31,32)/t17-,18-/m0/s1. The monoisotopic (exact) mass is 469 g/mol. The van der Waals surface area contributed by atoms with Crippen LogP contribution in [0.4, 0.5) is 4.79 Å². The minimum atomic E-state index is -1.76. The molecule has 0 aromatic heterocycles. The zero-order chi connectivity index (χ0) is 24.8. The van der Waals surface area contributed by atoms with Crippen LogP contribution in [0.15, 0.2) is 48.5 Å². The molecule has 0 unspecified atom stereocenters. The fourth-order valence-electron chi connectivity index (χ4n) is 3.84. The lowest BCUT2D eigenvalue weighted by Gasteiger charge is -2.20. The van der Waals surface area contributed by atoms with Crippen molar-refractivity contribution in [1.29, 1.82) is 0 Å². The van der Waals surface area contributed by atoms with Crippen LogP contribution in [0.3, 0.4) is 0 Å². The van der Waals surface area contributed by atoms with Gasteiger partial charge in [0.25, 0.3) is 0 Å². The summed E-state index contributed by atoms with van der Waals surface area (Å²) in [5, 5.41) is 22.1. The number of carbonyl (C=O) groups excluding carboxylic acids is 3. The lowest BCUT2D eigenvalue weighted by atomic mass is 9.98. The van der Waals surface area contributed by atoms with Gasteiger partial charge in [0.15, 0.2) is 0 Å². The molecule has 0 heterocycles. The van der Waals surface area contributed by atoms with Gasteiger partial charge >= 0.3 is 18.0 Å². The van der Waals surface area contributed by atoms with Crippen LogP contribution in [0.5, 0.6) is 0 Å². The Bertz CT molecular complexity index is 1090. The van der Waals surface area contributed by atoms with E-state index in [0.717, 1.165) is 22.3 Å². The third-order valence-corrected chi connectivity index (χ3v) is 5.35. The van der Waals surface area contributed by atoms with E-state index in [0.29, 0.717) is 0 Å². The van der Waals surface area contributed by atoms with Crippen molar-refractivity contribution in [2.24, 2.45) is 5.73 Å². The fourth-order valence-corrected chi connectivity index (χ4v) is 3.84. The topological polar surface area (TPSA) is 185 Å². The predicted octanol–water partition coefficient (Wildman–Crippen LogP) is 0.813. The zero-order valence-corrected chi connectivity index (χ0v) is 17.9. The van der Waals surface area contributed by atoms with E-state index in [-0.39, 0.29) is 12.5 Å². The molecule has 34 heavy (non-hydrogen) atoms. The van der Waals surface area contributed by atoms with Crippen LogP contribution in [-0.2, 0) is 23.9 Å². The quantitative estimate of drug-likeness (QED) is 0.338. The van der Waals surface area contributed by atoms with Crippen molar-refractivity contribution in [2.75, 3.05) is 6.61 Å². The van der Waals surface area contributed by atoms with Gasteiger partial charge in [-0.05, 0) is 22.3 Å². The average Bonchev–Trinajstić information content (AvgIpc) is 3.10. The molecule has 3 rings (SSSR count). The number of alkyl carbamates (subject to hydrolysis) is 1. The third-order valence-electron chi connectivity index (χ3n) is 5.35. The van der Waals surface area contributed by atoms with Crippen molar-refractivity contribution >= 4 is 29.8 Å². The van der Waals surface area contributed by atoms with Gasteiger partial charge in [-0.3, -0.25) is 14.4 Å². The molecular weight excluding hydrogens is 446 g/mol. The molecule has 2 atom stereocenters. The normalized spacial score (nSPS) is 13.6. The second kappa shape index (κ2) is 10.5. The number of aliphatic carboxylic acids is 2. The van der Waals surface area contributed by atoms with Crippen LogP contribution in [0.1, 0.15) is 29.9 Å². The van der Waals surface area contributed by atoms with Crippen LogP contribution < -0.4 is 16.4 Å². The first-order chi connectivity index (χ1) is 16.2. The fraction of sp³-hybridized carbons (Fsp3) is 0.261. The minimum Gasteiger partial charge on any atom is -0.481 e. The summed E-state index contributed by atoms with van der Waals surface area (Å²) in [5.74, 6) is -5.31. The number of carbonyl (C=O) groups is 5. The Labute approximate surface area is 193 Å². The Morgan fingerprint density at radius 2 is 1.41 bits per heavy atom. The maximum Gasteiger partial charge on any atom is 0.407 e. The van der Waals surface area contributed by atoms with Gasteiger partial charge in [-0.2, -0.15) is 0 Å². The van der Waals surface area contributed by atoms with Gasteiger partial charge in [0.2, 0.25) is 11.8 Å². The molecule has 1 aliphatic carbocycles. The Kier molecular flexibility index (Phi) is 7.46. The first-order valence-corrected chi connectivity index (χ1v) is 10.3. The SMILES string of the molecule is NC(=O)C[C@H](NC(=O)OCC1c2ccccc2-c2ccccc21)C(=O)N[C@@H](CC(=O)O)C(=O)O. The Morgan fingerprint density at radius 1 is 0.853 bits per heavy atom. The molecule has 0 spiro atoms. The van der Waals surface area contributed by atoms with Crippen molar-refractivity contribution in [1.82, 2.24) is 10.6 Å². The van der Waals surface area contributed by atoms with E-state index in [1.807, 2.05) is 53.8 Å². The second-order valence-corrected chi connectivity index (χ2v) is 7.69. The lowest BCUT2D eigenvalue weighted by Crippen LogP contribution is -2.53. The van der Waals surface area contributed by atoms with Crippen molar-refractivity contribution in [2.45, 2.75) is 30.8 Å². The molecule has 0 radical (unpaired) electrons. The van der Waals surface area contributed by atoms with Gasteiger partial charge in [0.1, 0.15) is 18.7 Å². The maximum atomic E-state index is 12.5. The average molecular weight is 469 g/mol. The number of ether oxygens (including phenoxy) is 1. The summed E-state index contributed by atoms with van der Waals surface area (Å²) in [6.45, 7) is -0.0540. The highest BCUT2D eigenvalue weighted by molar-refractivity contribution is 5.93. The van der Waals surface area contributed by atoms with Gasteiger partial charge < -0.3 is 31.3 Å². The van der Waals surface area contributed by atoms with Gasteiger partial charge in [0, 0.05) is 5.92 Å². The number of nitrogens with two attached hydrogens (primary N) is 1. The Morgan fingerprint density at radius 3 is 1.91 bits per heavy atom. The summed E-state index contributed by atoms with van der Waals surface area (Å²) in [6.07, 6.45) is -2.56. The van der Waals surface area contributed by atoms with E-state index < -0.39 is 54.8 Å². The number of amides is 3. The number of benzene rings is 2. The van der Waals surface area contributed by atoms with Gasteiger partial charge in [-0.15, -0.1) is 0 Å². The summed E-state index contributed by atoms with van der Waals surface area (Å²) < 4.78 is 5.33. The molecule has 0 fully saturated rings. The number of carboxylic acid groups (broad SMARTS) is 2. The second-order valence-electron chi connectivity index (χ2n) is 7.69. The van der Waals surface area contributed by atoms with Crippen LogP contribution in [-0.4, -0.2) is 58.7 Å². The van der Waals surface area contributed by atoms with Crippen LogP contribution >= 0.6 is 0 Å². The van der Waals surface area contributed by atoms with Crippen LogP contribution in [0, 0.1) is 0 Å². The smallest absolute Gasteiger partial charge is 0.407 e. The minimum absolute atomic E-state index is 0.0540. The molecule has 0 bridgehead atoms. The summed E-state index contributed by atoms with van der Waals surface area (Å²) in [5.41, 5.74) is 9.13. The number of fused-ring (bicyclic) bond motifs is 3. The number of rotatable bonds is 10. The first-order valence-electron chi connectivity index (χ1n) is 10.3. The predicted molar refractivity (Wildman–Crippen MR) is 118 cm³/mol. The first kappa shape index (κ1) is 24.2. The molecular formula is C23H23N3O8. The Hall–Kier alpha value is -4.41. The van der Waals surface area contributed by atoms with Gasteiger partial charge in [-0.25, -0.2) is 9.59 Å². The summed E-state index contributed by atoms with van der Waals surface area (Å²) in [6, 6.07) is 12.1. The lowest BCUT2D eigenvalue weighted by molar-refractivity contribution is -0.147. The van der Waals surface area contributed by atoms with Crippen molar-refractivity contribution in [3.05, 3.63) is 59.7 Å². The van der Waals surface area contributed by atoms with E-state index in [1.165, 1.54) is 0 Å². The number of nitrogens with one attached hydrogen (secondary N) is 2. The number of primary amides is 1. The van der Waals surface area contributed by atoms with Crippen molar-refractivity contribution in [3.8, 4) is 11.1 Å². The van der Waals surface area contributed by atoms with E-state index in [9.17, 15) is 24.0 Å². The Balaban J connectivity index is 1.67. The molecule has 6 N–H and O–H groups in total. The molecule has 2 aromatic carbocycles. The largest absolute Gasteiger partial charge is 0.481 e. The summed E-state index contributed by atoms with van der Waals surface area (Å²) in [7, 11) is 0. The zero-order valence-electron chi connectivity index (χ0n) is 17.9. The van der Waals surface area contributed by atoms with E-state index in [4.69, 9.17) is 20.7 Å². The van der Waals surface area contributed by atoms with E-state index in [2.05, 4.69) is 5.32 Å². The van der Waals surface area contributed by atoms with Gasteiger partial charge in [-0.1, -0.05) is 48.5 Å². The van der Waals surface area contributed by atoms with E-state index >= 15 is 0 Å². The molecule has 11 heteroatoms. The maximum absolute atomic E-state index is 12.5. The molecule has 2 aromatic rings. The molecule has 0 saturated heterocycles. The van der Waals surface area contributed by atoms with Crippen LogP contribution in [0.25, 0.3) is 11.1 Å². The molecule has 178 valence electrons. The molecule has 0 saturated carbocycles. The summed E-state index contributed by atoms with van der Waals surface area (Å²) in [4.78, 5) is 58.3. The van der Waals surface area contributed by atoms with E-state index in [1.54, 1.807) is 0 Å². The van der Waals surface area contributed by atoms with Crippen molar-refractivity contribution in [3.63, 3.8) is 0 Å². The highest BCUT2D eigenvalue weighted by Gasteiger charge is 2.31. The highest BCUT2D eigenvalue weighted by atomic mass is 16.5. The molecule has 1 aliphatic rings. The number of hydrogen-bond donors (Lipinski definition) is 5. The molecule has 11 nitrogen and oxygen atoms in total. The number of carboxylic acids is 2. The molecule has 3 amide bonds. The molecule has 0 aliphatic heterocycles. The van der Waals surface area contributed by atoms with Crippen molar-refractivity contribution < 1.29 is 38.9 Å². The van der Waals surface area contributed by atoms with Crippen LogP contribution in [0.2, 0.25) is 0 Å². The summed E-state index contributed by atoms with van der Waals surface area (Å²) >= 11 is 0. The highest BCUT2D eigenvalue weighted by Crippen LogP contribution is 2.44. The van der Waals surface area contributed by atoms with Gasteiger partial charge in [0.05, 0.1) is 12.8 Å².